The van der Waals surface area contributed by atoms with Crippen LogP contribution in [-0.2, 0) is 9.53 Å². The lowest BCUT2D eigenvalue weighted by molar-refractivity contribution is -0.141. The summed E-state index contributed by atoms with van der Waals surface area (Å²) in [7, 11) is 1.32. The van der Waals surface area contributed by atoms with Crippen LogP contribution in [0, 0.1) is 0 Å². The van der Waals surface area contributed by atoms with Gasteiger partial charge in [-0.05, 0) is 37.3 Å². The SMILES string of the molecule is COC(=O)CC(C)NC(=O)c1cccc(Oc2ccccc2)c1. The first-order valence-corrected chi connectivity index (χ1v) is 7.29. The summed E-state index contributed by atoms with van der Waals surface area (Å²) in [5.74, 6) is 0.646. The van der Waals surface area contributed by atoms with Crippen LogP contribution in [0.15, 0.2) is 54.6 Å². The molecule has 1 N–H and O–H groups in total. The number of benzene rings is 2. The van der Waals surface area contributed by atoms with Gasteiger partial charge in [0.15, 0.2) is 0 Å². The highest BCUT2D eigenvalue weighted by atomic mass is 16.5. The van der Waals surface area contributed by atoms with Crippen molar-refractivity contribution in [2.45, 2.75) is 19.4 Å². The molecule has 0 aliphatic carbocycles. The number of rotatable bonds is 6. The van der Waals surface area contributed by atoms with Gasteiger partial charge >= 0.3 is 5.97 Å². The molecule has 0 spiro atoms. The maximum Gasteiger partial charge on any atom is 0.307 e. The molecule has 0 saturated heterocycles. The van der Waals surface area contributed by atoms with Crippen LogP contribution >= 0.6 is 0 Å². The Labute approximate surface area is 135 Å². The molecule has 2 aromatic carbocycles. The molecule has 0 heterocycles. The normalized spacial score (nSPS) is 11.4. The van der Waals surface area contributed by atoms with E-state index >= 15 is 0 Å². The molecular weight excluding hydrogens is 294 g/mol. The fourth-order valence-electron chi connectivity index (χ4n) is 2.02. The molecular formula is C18H19NO4. The van der Waals surface area contributed by atoms with E-state index in [1.54, 1.807) is 31.2 Å². The summed E-state index contributed by atoms with van der Waals surface area (Å²) in [4.78, 5) is 23.4. The molecule has 1 amide bonds. The largest absolute Gasteiger partial charge is 0.469 e. The summed E-state index contributed by atoms with van der Waals surface area (Å²) >= 11 is 0. The number of carbonyl (C=O) groups is 2. The molecule has 2 rings (SSSR count). The van der Waals surface area contributed by atoms with Crippen molar-refractivity contribution < 1.29 is 19.1 Å². The van der Waals surface area contributed by atoms with Gasteiger partial charge in [0.2, 0.25) is 0 Å². The van der Waals surface area contributed by atoms with Gasteiger partial charge in [-0.3, -0.25) is 9.59 Å². The van der Waals surface area contributed by atoms with Crippen molar-refractivity contribution >= 4 is 11.9 Å². The number of amides is 1. The zero-order chi connectivity index (χ0) is 16.7. The monoisotopic (exact) mass is 313 g/mol. The van der Waals surface area contributed by atoms with Gasteiger partial charge < -0.3 is 14.8 Å². The first-order chi connectivity index (χ1) is 11.1. The molecule has 0 aliphatic rings. The summed E-state index contributed by atoms with van der Waals surface area (Å²) in [5, 5.41) is 2.76. The minimum Gasteiger partial charge on any atom is -0.469 e. The lowest BCUT2D eigenvalue weighted by Crippen LogP contribution is -2.34. The Bertz CT molecular complexity index is 670. The van der Waals surface area contributed by atoms with E-state index in [4.69, 9.17) is 4.74 Å². The van der Waals surface area contributed by atoms with E-state index in [1.165, 1.54) is 7.11 Å². The summed E-state index contributed by atoms with van der Waals surface area (Å²) in [6.45, 7) is 1.75. The van der Waals surface area contributed by atoms with Crippen LogP contribution in [0.2, 0.25) is 0 Å². The van der Waals surface area contributed by atoms with Crippen molar-refractivity contribution in [2.24, 2.45) is 0 Å². The van der Waals surface area contributed by atoms with Crippen LogP contribution in [0.25, 0.3) is 0 Å². The molecule has 0 bridgehead atoms. The minimum absolute atomic E-state index is 0.127. The maximum absolute atomic E-state index is 12.2. The van der Waals surface area contributed by atoms with Gasteiger partial charge in [-0.15, -0.1) is 0 Å². The second-order valence-electron chi connectivity index (χ2n) is 5.10. The first-order valence-electron chi connectivity index (χ1n) is 7.29. The number of carbonyl (C=O) groups excluding carboxylic acids is 2. The van der Waals surface area contributed by atoms with E-state index in [0.29, 0.717) is 17.1 Å². The van der Waals surface area contributed by atoms with Gasteiger partial charge in [-0.2, -0.15) is 0 Å². The number of hydrogen-bond donors (Lipinski definition) is 1. The predicted octanol–water partition coefficient (Wildman–Crippen LogP) is 3.16. The maximum atomic E-state index is 12.2. The van der Waals surface area contributed by atoms with Crippen molar-refractivity contribution in [1.82, 2.24) is 5.32 Å². The lowest BCUT2D eigenvalue weighted by atomic mass is 10.1. The molecule has 5 nitrogen and oxygen atoms in total. The number of ether oxygens (including phenoxy) is 2. The first kappa shape index (κ1) is 16.5. The van der Waals surface area contributed by atoms with Gasteiger partial charge in [-0.1, -0.05) is 24.3 Å². The topological polar surface area (TPSA) is 64.6 Å². The van der Waals surface area contributed by atoms with Crippen molar-refractivity contribution in [3.05, 3.63) is 60.2 Å². The molecule has 23 heavy (non-hydrogen) atoms. The second kappa shape index (κ2) is 7.98. The highest BCUT2D eigenvalue weighted by Gasteiger charge is 2.14. The lowest BCUT2D eigenvalue weighted by Gasteiger charge is -2.13. The molecule has 0 saturated carbocycles. The Morgan fingerprint density at radius 3 is 2.43 bits per heavy atom. The number of methoxy groups -OCH3 is 1. The van der Waals surface area contributed by atoms with Gasteiger partial charge in [0.25, 0.3) is 5.91 Å². The second-order valence-corrected chi connectivity index (χ2v) is 5.10. The van der Waals surface area contributed by atoms with Gasteiger partial charge in [0.05, 0.1) is 13.5 Å². The Morgan fingerprint density at radius 2 is 1.74 bits per heavy atom. The van der Waals surface area contributed by atoms with E-state index in [2.05, 4.69) is 10.1 Å². The molecule has 5 heteroatoms. The van der Waals surface area contributed by atoms with Crippen molar-refractivity contribution in [1.29, 1.82) is 0 Å². The molecule has 0 radical (unpaired) electrons. The van der Waals surface area contributed by atoms with Gasteiger partial charge in [0, 0.05) is 11.6 Å². The standard InChI is InChI=1S/C18H19NO4/c1-13(11-17(20)22-2)19-18(21)14-7-6-10-16(12-14)23-15-8-4-3-5-9-15/h3-10,12-13H,11H2,1-2H3,(H,19,21). The van der Waals surface area contributed by atoms with Crippen LogP contribution in [0.3, 0.4) is 0 Å². The quantitative estimate of drug-likeness (QED) is 0.832. The number of para-hydroxylation sites is 1. The average molecular weight is 313 g/mol. The van der Waals surface area contributed by atoms with E-state index in [0.717, 1.165) is 0 Å². The van der Waals surface area contributed by atoms with Crippen LogP contribution in [-0.4, -0.2) is 25.0 Å². The fourth-order valence-corrected chi connectivity index (χ4v) is 2.02. The molecule has 1 atom stereocenters. The molecule has 2 aromatic rings. The fraction of sp³-hybridized carbons (Fsp3) is 0.222. The van der Waals surface area contributed by atoms with E-state index < -0.39 is 0 Å². The summed E-state index contributed by atoms with van der Waals surface area (Å²) in [6.07, 6.45) is 0.127. The molecule has 0 aromatic heterocycles. The van der Waals surface area contributed by atoms with Gasteiger partial charge in [-0.25, -0.2) is 0 Å². The molecule has 0 fully saturated rings. The Hall–Kier alpha value is -2.82. The predicted molar refractivity (Wildman–Crippen MR) is 86.5 cm³/mol. The third-order valence-electron chi connectivity index (χ3n) is 3.15. The van der Waals surface area contributed by atoms with E-state index in [1.807, 2.05) is 30.3 Å². The third kappa shape index (κ3) is 5.14. The Kier molecular flexibility index (Phi) is 5.74. The van der Waals surface area contributed by atoms with Crippen molar-refractivity contribution in [2.75, 3.05) is 7.11 Å². The van der Waals surface area contributed by atoms with Crippen molar-refractivity contribution in [3.8, 4) is 11.5 Å². The highest BCUT2D eigenvalue weighted by molar-refractivity contribution is 5.95. The minimum atomic E-state index is -0.362. The van der Waals surface area contributed by atoms with Gasteiger partial charge in [0.1, 0.15) is 11.5 Å². The Morgan fingerprint density at radius 1 is 1.04 bits per heavy atom. The average Bonchev–Trinajstić information content (AvgIpc) is 2.55. The summed E-state index contributed by atoms with van der Waals surface area (Å²) in [6, 6.07) is 15.9. The zero-order valence-corrected chi connectivity index (χ0v) is 13.1. The highest BCUT2D eigenvalue weighted by Crippen LogP contribution is 2.21. The zero-order valence-electron chi connectivity index (χ0n) is 13.1. The third-order valence-corrected chi connectivity index (χ3v) is 3.15. The molecule has 120 valence electrons. The number of nitrogens with one attached hydrogen (secondary N) is 1. The van der Waals surface area contributed by atoms with Crippen LogP contribution < -0.4 is 10.1 Å². The van der Waals surface area contributed by atoms with Crippen LogP contribution in [0.1, 0.15) is 23.7 Å². The van der Waals surface area contributed by atoms with Crippen LogP contribution in [0.4, 0.5) is 0 Å². The number of esters is 1. The van der Waals surface area contributed by atoms with Crippen LogP contribution in [0.5, 0.6) is 11.5 Å². The van der Waals surface area contributed by atoms with E-state index in [9.17, 15) is 9.59 Å². The smallest absolute Gasteiger partial charge is 0.307 e. The summed E-state index contributed by atoms with van der Waals surface area (Å²) in [5.41, 5.74) is 0.468. The van der Waals surface area contributed by atoms with E-state index in [-0.39, 0.29) is 24.3 Å². The molecule has 0 aliphatic heterocycles. The number of hydrogen-bond acceptors (Lipinski definition) is 4. The molecule has 1 unspecified atom stereocenters. The van der Waals surface area contributed by atoms with Crippen molar-refractivity contribution in [3.63, 3.8) is 0 Å². The summed E-state index contributed by atoms with van der Waals surface area (Å²) < 4.78 is 10.3. The Balaban J connectivity index is 2.01.